The summed E-state index contributed by atoms with van der Waals surface area (Å²) in [5, 5.41) is 4.64. The third-order valence-electron chi connectivity index (χ3n) is 2.51. The molecule has 0 aliphatic heterocycles. The maximum absolute atomic E-state index is 5.95. The van der Waals surface area contributed by atoms with E-state index < -0.39 is 0 Å². The van der Waals surface area contributed by atoms with Crippen molar-refractivity contribution in [3.05, 3.63) is 29.6 Å². The molecule has 0 amide bonds. The van der Waals surface area contributed by atoms with Gasteiger partial charge in [-0.25, -0.2) is 15.0 Å². The van der Waals surface area contributed by atoms with Gasteiger partial charge in [0.25, 0.3) is 0 Å². The highest BCUT2D eigenvalue weighted by Crippen LogP contribution is 2.20. The van der Waals surface area contributed by atoms with Crippen LogP contribution in [0.3, 0.4) is 0 Å². The molecule has 0 unspecified atom stereocenters. The molecule has 0 saturated carbocycles. The zero-order valence-electron chi connectivity index (χ0n) is 9.29. The lowest BCUT2D eigenvalue weighted by Crippen LogP contribution is -2.02. The van der Waals surface area contributed by atoms with Gasteiger partial charge < -0.3 is 0 Å². The molecule has 17 heavy (non-hydrogen) atoms. The minimum Gasteiger partial charge on any atom is -0.267 e. The average molecular weight is 249 g/mol. The Morgan fingerprint density at radius 3 is 2.76 bits per heavy atom. The monoisotopic (exact) mass is 248 g/mol. The van der Waals surface area contributed by atoms with Gasteiger partial charge in [0.1, 0.15) is 24.0 Å². The van der Waals surface area contributed by atoms with Crippen LogP contribution >= 0.6 is 11.6 Å². The minimum atomic E-state index is 0.354. The second-order valence-corrected chi connectivity index (χ2v) is 4.08. The molecule has 0 atom stereocenters. The average Bonchev–Trinajstić information content (AvgIpc) is 2.83. The Balaban J connectivity index is 2.32. The molecule has 0 spiro atoms. The lowest BCUT2D eigenvalue weighted by Gasteiger charge is -2.02. The number of imidazole rings is 1. The number of aryl methyl sites for hydroxylation is 2. The number of halogens is 1. The van der Waals surface area contributed by atoms with E-state index in [-0.39, 0.29) is 0 Å². The van der Waals surface area contributed by atoms with Gasteiger partial charge in [0.2, 0.25) is 0 Å². The fourth-order valence-corrected chi connectivity index (χ4v) is 1.97. The standard InChI is InChI=1S/C10H9ClN6/c1-6-3-7(16(2)15-6)17-5-14-8-9(11)12-4-13-10(8)17/h3-5H,1-2H3. The normalized spacial score (nSPS) is 11.2. The van der Waals surface area contributed by atoms with E-state index in [2.05, 4.69) is 20.1 Å². The molecule has 0 fully saturated rings. The number of hydrogen-bond acceptors (Lipinski definition) is 4. The molecule has 3 aromatic rings. The summed E-state index contributed by atoms with van der Waals surface area (Å²) in [7, 11) is 1.87. The topological polar surface area (TPSA) is 61.4 Å². The van der Waals surface area contributed by atoms with Crippen molar-refractivity contribution in [1.29, 1.82) is 0 Å². The Hall–Kier alpha value is -1.95. The first-order chi connectivity index (χ1) is 8.16. The van der Waals surface area contributed by atoms with Gasteiger partial charge in [-0.05, 0) is 6.92 Å². The number of nitrogens with zero attached hydrogens (tertiary/aromatic N) is 6. The lowest BCUT2D eigenvalue weighted by molar-refractivity contribution is 0.725. The first kappa shape index (κ1) is 10.2. The van der Waals surface area contributed by atoms with Crippen molar-refractivity contribution in [2.24, 2.45) is 7.05 Å². The summed E-state index contributed by atoms with van der Waals surface area (Å²) >= 11 is 5.95. The third-order valence-corrected chi connectivity index (χ3v) is 2.79. The first-order valence-corrected chi connectivity index (χ1v) is 5.39. The van der Waals surface area contributed by atoms with Crippen molar-refractivity contribution in [3.63, 3.8) is 0 Å². The SMILES string of the molecule is Cc1cc(-n2cnc3c(Cl)ncnc32)n(C)n1. The van der Waals surface area contributed by atoms with Crippen molar-refractivity contribution >= 4 is 22.8 Å². The van der Waals surface area contributed by atoms with Crippen molar-refractivity contribution < 1.29 is 0 Å². The highest BCUT2D eigenvalue weighted by atomic mass is 35.5. The second kappa shape index (κ2) is 3.53. The molecule has 3 rings (SSSR count). The van der Waals surface area contributed by atoms with E-state index >= 15 is 0 Å². The van der Waals surface area contributed by atoms with E-state index in [4.69, 9.17) is 11.6 Å². The predicted octanol–water partition coefficient (Wildman–Crippen LogP) is 1.51. The summed E-state index contributed by atoms with van der Waals surface area (Å²) in [5.41, 5.74) is 2.20. The Bertz CT molecular complexity index is 698. The first-order valence-electron chi connectivity index (χ1n) is 5.01. The van der Waals surface area contributed by atoms with Crippen LogP contribution in [0.5, 0.6) is 0 Å². The van der Waals surface area contributed by atoms with E-state index in [1.54, 1.807) is 11.0 Å². The van der Waals surface area contributed by atoms with Gasteiger partial charge in [0, 0.05) is 13.1 Å². The van der Waals surface area contributed by atoms with Crippen LogP contribution in [-0.2, 0) is 7.05 Å². The Morgan fingerprint density at radius 1 is 1.24 bits per heavy atom. The zero-order valence-corrected chi connectivity index (χ0v) is 10.0. The Kier molecular flexibility index (Phi) is 2.12. The molecule has 7 heteroatoms. The Morgan fingerprint density at radius 2 is 2.06 bits per heavy atom. The third kappa shape index (κ3) is 1.49. The number of rotatable bonds is 1. The van der Waals surface area contributed by atoms with Crippen LogP contribution in [0.15, 0.2) is 18.7 Å². The molecule has 0 aliphatic carbocycles. The highest BCUT2D eigenvalue weighted by molar-refractivity contribution is 6.33. The molecular weight excluding hydrogens is 240 g/mol. The number of aromatic nitrogens is 6. The summed E-state index contributed by atoms with van der Waals surface area (Å²) in [6.45, 7) is 1.94. The quantitative estimate of drug-likeness (QED) is 0.613. The van der Waals surface area contributed by atoms with Crippen molar-refractivity contribution in [2.75, 3.05) is 0 Å². The summed E-state index contributed by atoms with van der Waals surface area (Å²) in [6, 6.07) is 1.96. The maximum atomic E-state index is 5.95. The zero-order chi connectivity index (χ0) is 12.0. The van der Waals surface area contributed by atoms with Crippen LogP contribution in [0.4, 0.5) is 0 Å². The van der Waals surface area contributed by atoms with Crippen molar-refractivity contribution in [2.45, 2.75) is 6.92 Å². The molecule has 0 aliphatic rings. The van der Waals surface area contributed by atoms with Gasteiger partial charge in [-0.15, -0.1) is 0 Å². The van der Waals surface area contributed by atoms with E-state index in [9.17, 15) is 0 Å². The molecule has 3 heterocycles. The van der Waals surface area contributed by atoms with Crippen LogP contribution in [0, 0.1) is 6.92 Å². The van der Waals surface area contributed by atoms with E-state index in [1.807, 2.05) is 24.6 Å². The van der Waals surface area contributed by atoms with Gasteiger partial charge >= 0.3 is 0 Å². The fourth-order valence-electron chi connectivity index (χ4n) is 1.80. The molecule has 0 aromatic carbocycles. The molecule has 86 valence electrons. The van der Waals surface area contributed by atoms with Gasteiger partial charge in [-0.2, -0.15) is 5.10 Å². The van der Waals surface area contributed by atoms with Gasteiger partial charge in [-0.1, -0.05) is 11.6 Å². The predicted molar refractivity (Wildman–Crippen MR) is 63.2 cm³/mol. The number of hydrogen-bond donors (Lipinski definition) is 0. The van der Waals surface area contributed by atoms with Gasteiger partial charge in [-0.3, -0.25) is 9.25 Å². The van der Waals surface area contributed by atoms with Crippen LogP contribution in [-0.4, -0.2) is 29.3 Å². The molecule has 6 nitrogen and oxygen atoms in total. The highest BCUT2D eigenvalue weighted by Gasteiger charge is 2.12. The van der Waals surface area contributed by atoms with Gasteiger partial charge in [0.05, 0.1) is 5.69 Å². The molecule has 0 saturated heterocycles. The minimum absolute atomic E-state index is 0.354. The summed E-state index contributed by atoms with van der Waals surface area (Å²) in [4.78, 5) is 12.3. The fraction of sp³-hybridized carbons (Fsp3) is 0.200. The summed E-state index contributed by atoms with van der Waals surface area (Å²) in [5.74, 6) is 0.889. The van der Waals surface area contributed by atoms with E-state index in [1.165, 1.54) is 6.33 Å². The summed E-state index contributed by atoms with van der Waals surface area (Å²) in [6.07, 6.45) is 3.09. The largest absolute Gasteiger partial charge is 0.267 e. The van der Waals surface area contributed by atoms with Gasteiger partial charge in [0.15, 0.2) is 10.8 Å². The van der Waals surface area contributed by atoms with E-state index in [0.717, 1.165) is 11.5 Å². The summed E-state index contributed by atoms with van der Waals surface area (Å²) < 4.78 is 3.61. The molecule has 0 bridgehead atoms. The van der Waals surface area contributed by atoms with E-state index in [0.29, 0.717) is 16.3 Å². The maximum Gasteiger partial charge on any atom is 0.170 e. The molecule has 0 radical (unpaired) electrons. The van der Waals surface area contributed by atoms with Crippen molar-refractivity contribution in [1.82, 2.24) is 29.3 Å². The molecule has 3 aromatic heterocycles. The van der Waals surface area contributed by atoms with Crippen LogP contribution in [0.1, 0.15) is 5.69 Å². The van der Waals surface area contributed by atoms with Crippen LogP contribution in [0.2, 0.25) is 5.15 Å². The Labute approximate surface area is 102 Å². The molecular formula is C10H9ClN6. The second-order valence-electron chi connectivity index (χ2n) is 3.72. The van der Waals surface area contributed by atoms with Crippen LogP contribution < -0.4 is 0 Å². The van der Waals surface area contributed by atoms with Crippen molar-refractivity contribution in [3.8, 4) is 5.82 Å². The van der Waals surface area contributed by atoms with Crippen LogP contribution in [0.25, 0.3) is 17.0 Å². The smallest absolute Gasteiger partial charge is 0.170 e. The lowest BCUT2D eigenvalue weighted by atomic mass is 10.4. The number of fused-ring (bicyclic) bond motifs is 1. The molecule has 0 N–H and O–H groups in total.